The Labute approximate surface area is 135 Å². The van der Waals surface area contributed by atoms with Crippen molar-refractivity contribution < 1.29 is 4.52 Å². The second-order valence-electron chi connectivity index (χ2n) is 5.61. The molecule has 0 atom stereocenters. The first-order valence-corrected chi connectivity index (χ1v) is 7.40. The zero-order chi connectivity index (χ0) is 16.4. The Morgan fingerprint density at radius 1 is 0.870 bits per heavy atom. The number of nitrogens with zero attached hydrogens (tertiary/aromatic N) is 3. The first kappa shape index (κ1) is 15.0. The lowest BCUT2D eigenvalue weighted by molar-refractivity contribution is 0.400. The van der Waals surface area contributed by atoms with Gasteiger partial charge in [-0.3, -0.25) is 0 Å². The molecule has 0 amide bonds. The van der Waals surface area contributed by atoms with Crippen LogP contribution in [-0.4, -0.2) is 15.1 Å². The number of hydrogen-bond donors (Lipinski definition) is 2. The normalized spacial score (nSPS) is 10.6. The monoisotopic (exact) mass is 309 g/mol. The largest absolute Gasteiger partial charge is 0.360 e. The highest BCUT2D eigenvalue weighted by Crippen LogP contribution is 2.22. The highest BCUT2D eigenvalue weighted by Gasteiger charge is 2.07. The van der Waals surface area contributed by atoms with Crippen molar-refractivity contribution in [2.75, 3.05) is 10.6 Å². The molecule has 0 aliphatic rings. The molecular formula is C17H19N5O. The maximum atomic E-state index is 5.05. The SMILES string of the molecule is Cc1ccc(Nc2nc(C)cc(Nc3cc(C)on3)n2)c(C)c1. The molecule has 6 nitrogen and oxygen atoms in total. The average molecular weight is 309 g/mol. The number of benzene rings is 1. The fourth-order valence-corrected chi connectivity index (χ4v) is 2.32. The quantitative estimate of drug-likeness (QED) is 0.752. The van der Waals surface area contributed by atoms with E-state index in [4.69, 9.17) is 4.52 Å². The minimum Gasteiger partial charge on any atom is -0.360 e. The van der Waals surface area contributed by atoms with Crippen molar-refractivity contribution in [2.24, 2.45) is 0 Å². The van der Waals surface area contributed by atoms with Gasteiger partial charge < -0.3 is 15.2 Å². The summed E-state index contributed by atoms with van der Waals surface area (Å²) in [5.41, 5.74) is 4.22. The second-order valence-corrected chi connectivity index (χ2v) is 5.61. The maximum Gasteiger partial charge on any atom is 0.229 e. The molecule has 0 bridgehead atoms. The number of aromatic nitrogens is 3. The standard InChI is InChI=1S/C17H19N5O/c1-10-5-6-14(11(2)7-10)19-17-18-12(3)8-15(21-17)20-16-9-13(4)23-22-16/h5-9H,1-4H3,(H2,18,19,20,21,22). The molecule has 0 aliphatic carbocycles. The Morgan fingerprint density at radius 3 is 2.39 bits per heavy atom. The summed E-state index contributed by atoms with van der Waals surface area (Å²) in [6.45, 7) is 7.90. The van der Waals surface area contributed by atoms with Crippen LogP contribution in [0.15, 0.2) is 34.9 Å². The van der Waals surface area contributed by atoms with E-state index in [1.165, 1.54) is 5.56 Å². The molecule has 0 fully saturated rings. The molecule has 0 saturated heterocycles. The van der Waals surface area contributed by atoms with Crippen LogP contribution in [0.3, 0.4) is 0 Å². The molecule has 2 heterocycles. The van der Waals surface area contributed by atoms with Crippen LogP contribution in [0, 0.1) is 27.7 Å². The van der Waals surface area contributed by atoms with Gasteiger partial charge in [0, 0.05) is 23.5 Å². The van der Waals surface area contributed by atoms with Crippen molar-refractivity contribution in [2.45, 2.75) is 27.7 Å². The van der Waals surface area contributed by atoms with Gasteiger partial charge in [0.25, 0.3) is 0 Å². The summed E-state index contributed by atoms with van der Waals surface area (Å²) in [4.78, 5) is 8.92. The minimum atomic E-state index is 0.541. The van der Waals surface area contributed by atoms with E-state index >= 15 is 0 Å². The van der Waals surface area contributed by atoms with Crippen molar-refractivity contribution in [1.29, 1.82) is 0 Å². The summed E-state index contributed by atoms with van der Waals surface area (Å²) in [5.74, 6) is 2.57. The van der Waals surface area contributed by atoms with E-state index in [-0.39, 0.29) is 0 Å². The van der Waals surface area contributed by atoms with Crippen molar-refractivity contribution in [3.63, 3.8) is 0 Å². The first-order valence-electron chi connectivity index (χ1n) is 7.40. The third-order valence-electron chi connectivity index (χ3n) is 3.37. The van der Waals surface area contributed by atoms with Crippen molar-refractivity contribution >= 4 is 23.3 Å². The van der Waals surface area contributed by atoms with Crippen molar-refractivity contribution in [3.05, 3.63) is 52.9 Å². The summed E-state index contributed by atoms with van der Waals surface area (Å²) in [6.07, 6.45) is 0. The average Bonchev–Trinajstić information content (AvgIpc) is 2.86. The van der Waals surface area contributed by atoms with E-state index in [9.17, 15) is 0 Å². The molecule has 1 aromatic carbocycles. The maximum absolute atomic E-state index is 5.05. The Morgan fingerprint density at radius 2 is 1.70 bits per heavy atom. The molecule has 2 aromatic heterocycles. The number of hydrogen-bond acceptors (Lipinski definition) is 6. The predicted molar refractivity (Wildman–Crippen MR) is 90.5 cm³/mol. The molecule has 2 N–H and O–H groups in total. The minimum absolute atomic E-state index is 0.541. The fourth-order valence-electron chi connectivity index (χ4n) is 2.32. The Balaban J connectivity index is 1.85. The van der Waals surface area contributed by atoms with Gasteiger partial charge in [0.15, 0.2) is 5.82 Å². The third kappa shape index (κ3) is 3.66. The van der Waals surface area contributed by atoms with E-state index in [0.717, 1.165) is 22.7 Å². The second kappa shape index (κ2) is 6.08. The molecule has 0 spiro atoms. The van der Waals surface area contributed by atoms with Crippen molar-refractivity contribution in [3.8, 4) is 0 Å². The van der Waals surface area contributed by atoms with Gasteiger partial charge in [-0.1, -0.05) is 22.9 Å². The van der Waals surface area contributed by atoms with Crippen LogP contribution in [-0.2, 0) is 0 Å². The summed E-state index contributed by atoms with van der Waals surface area (Å²) in [7, 11) is 0. The van der Waals surface area contributed by atoms with E-state index in [0.29, 0.717) is 17.6 Å². The van der Waals surface area contributed by atoms with Gasteiger partial charge in [-0.2, -0.15) is 4.98 Å². The lowest BCUT2D eigenvalue weighted by Gasteiger charge is -2.11. The van der Waals surface area contributed by atoms with Crippen LogP contribution >= 0.6 is 0 Å². The van der Waals surface area contributed by atoms with Gasteiger partial charge in [0.1, 0.15) is 11.6 Å². The van der Waals surface area contributed by atoms with Gasteiger partial charge >= 0.3 is 0 Å². The van der Waals surface area contributed by atoms with Crippen LogP contribution in [0.2, 0.25) is 0 Å². The summed E-state index contributed by atoms with van der Waals surface area (Å²) >= 11 is 0. The van der Waals surface area contributed by atoms with Crippen LogP contribution in [0.25, 0.3) is 0 Å². The molecule has 6 heteroatoms. The Kier molecular flexibility index (Phi) is 3.97. The molecule has 0 aliphatic heterocycles. The molecule has 3 rings (SSSR count). The number of rotatable bonds is 4. The van der Waals surface area contributed by atoms with Gasteiger partial charge in [0.2, 0.25) is 5.95 Å². The summed E-state index contributed by atoms with van der Waals surface area (Å²) in [5, 5.41) is 10.3. The first-order chi connectivity index (χ1) is 11.0. The van der Waals surface area contributed by atoms with E-state index in [1.807, 2.05) is 32.0 Å². The topological polar surface area (TPSA) is 75.9 Å². The number of nitrogens with one attached hydrogen (secondary N) is 2. The molecule has 3 aromatic rings. The molecule has 0 radical (unpaired) electrons. The third-order valence-corrected chi connectivity index (χ3v) is 3.37. The zero-order valence-corrected chi connectivity index (χ0v) is 13.6. The van der Waals surface area contributed by atoms with E-state index < -0.39 is 0 Å². The van der Waals surface area contributed by atoms with Gasteiger partial charge in [-0.25, -0.2) is 4.98 Å². The Hall–Kier alpha value is -2.89. The number of aryl methyl sites for hydroxylation is 4. The Bertz CT molecular complexity index is 841. The highest BCUT2D eigenvalue weighted by molar-refractivity contribution is 5.61. The molecular weight excluding hydrogens is 290 g/mol. The van der Waals surface area contributed by atoms with Gasteiger partial charge in [0.05, 0.1) is 0 Å². The van der Waals surface area contributed by atoms with E-state index in [2.05, 4.69) is 51.7 Å². The molecule has 0 unspecified atom stereocenters. The summed E-state index contributed by atoms with van der Waals surface area (Å²) < 4.78 is 5.05. The van der Waals surface area contributed by atoms with Crippen LogP contribution in [0.5, 0.6) is 0 Å². The lowest BCUT2D eigenvalue weighted by Crippen LogP contribution is -2.03. The molecule has 118 valence electrons. The fraction of sp³-hybridized carbons (Fsp3) is 0.235. The zero-order valence-electron chi connectivity index (χ0n) is 13.6. The smallest absolute Gasteiger partial charge is 0.229 e. The molecule has 23 heavy (non-hydrogen) atoms. The van der Waals surface area contributed by atoms with Crippen molar-refractivity contribution in [1.82, 2.24) is 15.1 Å². The van der Waals surface area contributed by atoms with Gasteiger partial charge in [-0.05, 0) is 39.3 Å². The van der Waals surface area contributed by atoms with E-state index in [1.54, 1.807) is 0 Å². The molecule has 0 saturated carbocycles. The number of anilines is 4. The predicted octanol–water partition coefficient (Wildman–Crippen LogP) is 4.19. The summed E-state index contributed by atoms with van der Waals surface area (Å²) in [6, 6.07) is 9.88. The van der Waals surface area contributed by atoms with Crippen LogP contribution < -0.4 is 10.6 Å². The van der Waals surface area contributed by atoms with Crippen LogP contribution in [0.1, 0.15) is 22.6 Å². The highest BCUT2D eigenvalue weighted by atomic mass is 16.5. The lowest BCUT2D eigenvalue weighted by atomic mass is 10.1. The van der Waals surface area contributed by atoms with Crippen LogP contribution in [0.4, 0.5) is 23.3 Å². The van der Waals surface area contributed by atoms with Gasteiger partial charge in [-0.15, -0.1) is 0 Å².